The molecule has 116 valence electrons. The van der Waals surface area contributed by atoms with Crippen molar-refractivity contribution >= 4 is 17.7 Å². The van der Waals surface area contributed by atoms with Gasteiger partial charge in [-0.1, -0.05) is 0 Å². The molecule has 1 saturated heterocycles. The summed E-state index contributed by atoms with van der Waals surface area (Å²) < 4.78 is 4.85. The normalized spacial score (nSPS) is 18.4. The predicted molar refractivity (Wildman–Crippen MR) is 79.2 cm³/mol. The Hall–Kier alpha value is -1.89. The molecule has 0 aliphatic carbocycles. The Labute approximate surface area is 124 Å². The Morgan fingerprint density at radius 2 is 2.48 bits per heavy atom. The van der Waals surface area contributed by atoms with Gasteiger partial charge >= 0.3 is 5.97 Å². The average molecular weight is 294 g/mol. The van der Waals surface area contributed by atoms with E-state index in [-0.39, 0.29) is 18.5 Å². The number of anilines is 2. The lowest BCUT2D eigenvalue weighted by molar-refractivity contribution is -0.142. The van der Waals surface area contributed by atoms with Crippen LogP contribution < -0.4 is 10.2 Å². The van der Waals surface area contributed by atoms with Gasteiger partial charge < -0.3 is 20.1 Å². The number of piperidine rings is 1. The maximum atomic E-state index is 11.2. The highest BCUT2D eigenvalue weighted by atomic mass is 16.5. The van der Waals surface area contributed by atoms with Gasteiger partial charge in [0.1, 0.15) is 5.82 Å². The fourth-order valence-electron chi connectivity index (χ4n) is 2.28. The number of hydrogen-bond donors (Lipinski definition) is 2. The highest BCUT2D eigenvalue weighted by Gasteiger charge is 2.19. The second-order valence-corrected chi connectivity index (χ2v) is 4.96. The second kappa shape index (κ2) is 7.78. The minimum atomic E-state index is -0.297. The van der Waals surface area contributed by atoms with Crippen LogP contribution in [0.5, 0.6) is 0 Å². The van der Waals surface area contributed by atoms with Gasteiger partial charge in [0.15, 0.2) is 0 Å². The molecule has 1 aliphatic rings. The molecule has 1 aliphatic heterocycles. The molecule has 7 nitrogen and oxygen atoms in total. The first-order valence-corrected chi connectivity index (χ1v) is 7.34. The lowest BCUT2D eigenvalue weighted by Crippen LogP contribution is -2.38. The van der Waals surface area contributed by atoms with Gasteiger partial charge in [-0.15, -0.1) is 0 Å². The number of aliphatic hydroxyl groups excluding tert-OH is 1. The van der Waals surface area contributed by atoms with Crippen LogP contribution in [-0.2, 0) is 9.53 Å². The standard InChI is InChI=1S/C14H22N4O3/c1-2-21-13(20)6-8-16-14-15-7-5-12(17-14)18-9-3-4-11(19)10-18/h5,7,11,19H,2-4,6,8-10H2,1H3,(H,15,16,17)/t11-/m1/s1. The molecule has 2 heterocycles. The van der Waals surface area contributed by atoms with E-state index in [0.717, 1.165) is 25.2 Å². The van der Waals surface area contributed by atoms with Crippen LogP contribution in [0.4, 0.5) is 11.8 Å². The van der Waals surface area contributed by atoms with Gasteiger partial charge in [0.05, 0.1) is 19.1 Å². The third-order valence-corrected chi connectivity index (χ3v) is 3.28. The summed E-state index contributed by atoms with van der Waals surface area (Å²) in [5.74, 6) is 1.04. The summed E-state index contributed by atoms with van der Waals surface area (Å²) in [4.78, 5) is 21.8. The monoisotopic (exact) mass is 294 g/mol. The summed E-state index contributed by atoms with van der Waals surface area (Å²) in [5.41, 5.74) is 0. The summed E-state index contributed by atoms with van der Waals surface area (Å²) >= 11 is 0. The van der Waals surface area contributed by atoms with Crippen molar-refractivity contribution in [2.75, 3.05) is 36.5 Å². The Balaban J connectivity index is 1.87. The number of β-amino-alcohol motifs (C(OH)–C–C–N with tert-alkyl or cyclic N) is 1. The van der Waals surface area contributed by atoms with Crippen molar-refractivity contribution in [3.8, 4) is 0 Å². The topological polar surface area (TPSA) is 87.6 Å². The van der Waals surface area contributed by atoms with Gasteiger partial charge in [0.25, 0.3) is 0 Å². The molecule has 1 aromatic rings. The molecule has 0 bridgehead atoms. The Morgan fingerprint density at radius 3 is 3.24 bits per heavy atom. The molecule has 0 unspecified atom stereocenters. The first-order chi connectivity index (χ1) is 10.2. The number of aromatic nitrogens is 2. The molecule has 0 aromatic carbocycles. The maximum Gasteiger partial charge on any atom is 0.307 e. The van der Waals surface area contributed by atoms with Crippen molar-refractivity contribution in [2.45, 2.75) is 32.3 Å². The molecule has 0 radical (unpaired) electrons. The number of aliphatic hydroxyl groups is 1. The van der Waals surface area contributed by atoms with E-state index >= 15 is 0 Å². The average Bonchev–Trinajstić information content (AvgIpc) is 2.48. The van der Waals surface area contributed by atoms with E-state index < -0.39 is 0 Å². The Bertz CT molecular complexity index is 469. The molecule has 1 fully saturated rings. The van der Waals surface area contributed by atoms with Crippen molar-refractivity contribution in [1.29, 1.82) is 0 Å². The number of carbonyl (C=O) groups is 1. The van der Waals surface area contributed by atoms with Crippen molar-refractivity contribution in [3.05, 3.63) is 12.3 Å². The molecule has 7 heteroatoms. The molecule has 2 rings (SSSR count). The van der Waals surface area contributed by atoms with Crippen molar-refractivity contribution < 1.29 is 14.6 Å². The highest BCUT2D eigenvalue weighted by molar-refractivity contribution is 5.69. The number of nitrogens with one attached hydrogen (secondary N) is 1. The van der Waals surface area contributed by atoms with E-state index in [2.05, 4.69) is 15.3 Å². The quantitative estimate of drug-likeness (QED) is 0.750. The number of rotatable bonds is 6. The third kappa shape index (κ3) is 4.86. The smallest absolute Gasteiger partial charge is 0.307 e. The van der Waals surface area contributed by atoms with Crippen LogP contribution in [0.15, 0.2) is 12.3 Å². The Morgan fingerprint density at radius 1 is 1.62 bits per heavy atom. The summed E-state index contributed by atoms with van der Waals surface area (Å²) in [6.45, 7) is 4.09. The van der Waals surface area contributed by atoms with E-state index in [1.54, 1.807) is 13.1 Å². The van der Waals surface area contributed by atoms with E-state index in [9.17, 15) is 9.90 Å². The zero-order valence-corrected chi connectivity index (χ0v) is 12.3. The summed E-state index contributed by atoms with van der Waals surface area (Å²) in [6.07, 6.45) is 3.46. The van der Waals surface area contributed by atoms with E-state index in [0.29, 0.717) is 25.6 Å². The first-order valence-electron chi connectivity index (χ1n) is 7.34. The van der Waals surface area contributed by atoms with E-state index in [1.165, 1.54) is 0 Å². The molecule has 21 heavy (non-hydrogen) atoms. The zero-order chi connectivity index (χ0) is 15.1. The SMILES string of the molecule is CCOC(=O)CCNc1nccc(N2CCC[C@@H](O)C2)n1. The van der Waals surface area contributed by atoms with Gasteiger partial charge in [-0.3, -0.25) is 4.79 Å². The lowest BCUT2D eigenvalue weighted by atomic mass is 10.1. The first kappa shape index (κ1) is 15.5. The largest absolute Gasteiger partial charge is 0.466 e. The van der Waals surface area contributed by atoms with Gasteiger partial charge in [-0.25, -0.2) is 4.98 Å². The third-order valence-electron chi connectivity index (χ3n) is 3.28. The van der Waals surface area contributed by atoms with Crippen molar-refractivity contribution in [2.24, 2.45) is 0 Å². The van der Waals surface area contributed by atoms with Crippen molar-refractivity contribution in [3.63, 3.8) is 0 Å². The maximum absolute atomic E-state index is 11.2. The van der Waals surface area contributed by atoms with Crippen LogP contribution in [0.25, 0.3) is 0 Å². The zero-order valence-electron chi connectivity index (χ0n) is 12.3. The van der Waals surface area contributed by atoms with Crippen LogP contribution in [0.3, 0.4) is 0 Å². The van der Waals surface area contributed by atoms with Gasteiger partial charge in [0.2, 0.25) is 5.95 Å². The molecular formula is C14H22N4O3. The van der Waals surface area contributed by atoms with Crippen LogP contribution >= 0.6 is 0 Å². The second-order valence-electron chi connectivity index (χ2n) is 4.96. The predicted octanol–water partition coefficient (Wildman–Crippen LogP) is 0.803. The van der Waals surface area contributed by atoms with E-state index in [1.807, 2.05) is 11.0 Å². The number of esters is 1. The number of carbonyl (C=O) groups excluding carboxylic acids is 1. The summed E-state index contributed by atoms with van der Waals surface area (Å²) in [7, 11) is 0. The van der Waals surface area contributed by atoms with Crippen LogP contribution in [0.1, 0.15) is 26.2 Å². The lowest BCUT2D eigenvalue weighted by Gasteiger charge is -2.31. The Kier molecular flexibility index (Phi) is 5.74. The van der Waals surface area contributed by atoms with Crippen LogP contribution in [-0.4, -0.2) is 53.4 Å². The molecule has 0 saturated carbocycles. The van der Waals surface area contributed by atoms with Gasteiger partial charge in [-0.2, -0.15) is 4.98 Å². The minimum absolute atomic E-state index is 0.236. The molecule has 1 atom stereocenters. The summed E-state index contributed by atoms with van der Waals surface area (Å²) in [5, 5.41) is 12.7. The molecule has 1 aromatic heterocycles. The van der Waals surface area contributed by atoms with Crippen LogP contribution in [0, 0.1) is 0 Å². The number of nitrogens with zero attached hydrogens (tertiary/aromatic N) is 3. The highest BCUT2D eigenvalue weighted by Crippen LogP contribution is 2.18. The van der Waals surface area contributed by atoms with Gasteiger partial charge in [-0.05, 0) is 25.8 Å². The molecular weight excluding hydrogens is 272 g/mol. The number of ether oxygens (including phenoxy) is 1. The summed E-state index contributed by atoms with van der Waals surface area (Å²) in [6, 6.07) is 1.83. The van der Waals surface area contributed by atoms with Crippen LogP contribution in [0.2, 0.25) is 0 Å². The molecule has 0 amide bonds. The fraction of sp³-hybridized carbons (Fsp3) is 0.643. The molecule has 0 spiro atoms. The fourth-order valence-corrected chi connectivity index (χ4v) is 2.28. The molecule has 2 N–H and O–H groups in total. The van der Waals surface area contributed by atoms with E-state index in [4.69, 9.17) is 4.74 Å². The van der Waals surface area contributed by atoms with Crippen molar-refractivity contribution in [1.82, 2.24) is 9.97 Å². The minimum Gasteiger partial charge on any atom is -0.466 e. The van der Waals surface area contributed by atoms with Gasteiger partial charge in [0, 0.05) is 25.8 Å². The number of hydrogen-bond acceptors (Lipinski definition) is 7.